The standard InChI is InChI=1S/C9H9BrFN3O2/c10-5-1-2-6(11)7(3-5)13-4-8(15)14-9(12)16/h1-3,13H,4H2,(H3,12,14,15,16). The van der Waals surface area contributed by atoms with Gasteiger partial charge in [-0.25, -0.2) is 9.18 Å². The lowest BCUT2D eigenvalue weighted by Crippen LogP contribution is -2.38. The van der Waals surface area contributed by atoms with Gasteiger partial charge in [-0.2, -0.15) is 0 Å². The van der Waals surface area contributed by atoms with Gasteiger partial charge < -0.3 is 11.1 Å². The Morgan fingerprint density at radius 3 is 2.75 bits per heavy atom. The van der Waals surface area contributed by atoms with E-state index in [2.05, 4.69) is 21.2 Å². The zero-order valence-electron chi connectivity index (χ0n) is 8.09. The van der Waals surface area contributed by atoms with E-state index in [1.54, 1.807) is 0 Å². The summed E-state index contributed by atoms with van der Waals surface area (Å²) in [5, 5.41) is 4.38. The van der Waals surface area contributed by atoms with Gasteiger partial charge in [-0.15, -0.1) is 0 Å². The molecule has 0 heterocycles. The van der Waals surface area contributed by atoms with E-state index in [1.807, 2.05) is 5.32 Å². The van der Waals surface area contributed by atoms with Crippen molar-refractivity contribution in [2.24, 2.45) is 5.73 Å². The highest BCUT2D eigenvalue weighted by Crippen LogP contribution is 2.19. The van der Waals surface area contributed by atoms with E-state index in [9.17, 15) is 14.0 Å². The van der Waals surface area contributed by atoms with Crippen molar-refractivity contribution in [1.82, 2.24) is 5.32 Å². The van der Waals surface area contributed by atoms with Gasteiger partial charge in [-0.1, -0.05) is 15.9 Å². The van der Waals surface area contributed by atoms with Gasteiger partial charge in [-0.05, 0) is 18.2 Å². The molecule has 5 nitrogen and oxygen atoms in total. The van der Waals surface area contributed by atoms with Gasteiger partial charge in [-0.3, -0.25) is 10.1 Å². The van der Waals surface area contributed by atoms with E-state index in [0.717, 1.165) is 0 Å². The second-order valence-electron chi connectivity index (χ2n) is 2.89. The Bertz CT molecular complexity index is 425. The third kappa shape index (κ3) is 3.85. The Hall–Kier alpha value is -1.63. The summed E-state index contributed by atoms with van der Waals surface area (Å²) in [6.07, 6.45) is 0. The molecular formula is C9H9BrFN3O2. The van der Waals surface area contributed by atoms with Crippen molar-refractivity contribution < 1.29 is 14.0 Å². The van der Waals surface area contributed by atoms with Gasteiger partial charge in [0.2, 0.25) is 5.91 Å². The highest BCUT2D eigenvalue weighted by Gasteiger charge is 2.06. The minimum atomic E-state index is -0.943. The molecule has 1 aromatic carbocycles. The molecule has 1 aromatic rings. The first-order valence-electron chi connectivity index (χ1n) is 4.27. The Morgan fingerprint density at radius 2 is 2.12 bits per heavy atom. The highest BCUT2D eigenvalue weighted by atomic mass is 79.9. The van der Waals surface area contributed by atoms with E-state index in [0.29, 0.717) is 4.47 Å². The van der Waals surface area contributed by atoms with E-state index in [1.165, 1.54) is 18.2 Å². The molecular weight excluding hydrogens is 281 g/mol. The number of amides is 3. The summed E-state index contributed by atoms with van der Waals surface area (Å²) in [4.78, 5) is 21.3. The Kier molecular flexibility index (Phi) is 4.24. The van der Waals surface area contributed by atoms with Crippen molar-refractivity contribution in [3.63, 3.8) is 0 Å². The number of primary amides is 1. The first-order chi connectivity index (χ1) is 7.49. The van der Waals surface area contributed by atoms with Crippen LogP contribution in [-0.4, -0.2) is 18.5 Å². The molecule has 0 fully saturated rings. The van der Waals surface area contributed by atoms with Crippen LogP contribution in [0.5, 0.6) is 0 Å². The van der Waals surface area contributed by atoms with Crippen molar-refractivity contribution in [3.05, 3.63) is 28.5 Å². The molecule has 86 valence electrons. The molecule has 0 spiro atoms. The van der Waals surface area contributed by atoms with Crippen molar-refractivity contribution in [3.8, 4) is 0 Å². The van der Waals surface area contributed by atoms with Crippen LogP contribution < -0.4 is 16.4 Å². The summed E-state index contributed by atoms with van der Waals surface area (Å²) in [5.74, 6) is -1.12. The zero-order chi connectivity index (χ0) is 12.1. The van der Waals surface area contributed by atoms with Crippen LogP contribution in [0.4, 0.5) is 14.9 Å². The van der Waals surface area contributed by atoms with Crippen LogP contribution in [0.3, 0.4) is 0 Å². The monoisotopic (exact) mass is 289 g/mol. The average Bonchev–Trinajstić information content (AvgIpc) is 2.18. The summed E-state index contributed by atoms with van der Waals surface area (Å²) in [6, 6.07) is 3.32. The summed E-state index contributed by atoms with van der Waals surface area (Å²) < 4.78 is 13.8. The number of anilines is 1. The summed E-state index contributed by atoms with van der Waals surface area (Å²) >= 11 is 3.16. The highest BCUT2D eigenvalue weighted by molar-refractivity contribution is 9.10. The van der Waals surface area contributed by atoms with Gasteiger partial charge in [0.25, 0.3) is 0 Å². The molecule has 7 heteroatoms. The first-order valence-corrected chi connectivity index (χ1v) is 5.06. The number of nitrogens with one attached hydrogen (secondary N) is 2. The van der Waals surface area contributed by atoms with Crippen LogP contribution in [0.25, 0.3) is 0 Å². The molecule has 0 aliphatic heterocycles. The topological polar surface area (TPSA) is 84.2 Å². The molecule has 0 aromatic heterocycles. The summed E-state index contributed by atoms with van der Waals surface area (Å²) in [5.41, 5.74) is 4.90. The van der Waals surface area contributed by atoms with Crippen LogP contribution in [-0.2, 0) is 4.79 Å². The van der Waals surface area contributed by atoms with Gasteiger partial charge in [0.15, 0.2) is 0 Å². The Balaban J connectivity index is 2.57. The van der Waals surface area contributed by atoms with Gasteiger partial charge in [0, 0.05) is 4.47 Å². The van der Waals surface area contributed by atoms with Crippen molar-refractivity contribution in [2.75, 3.05) is 11.9 Å². The van der Waals surface area contributed by atoms with Crippen molar-refractivity contribution in [2.45, 2.75) is 0 Å². The second kappa shape index (κ2) is 5.45. The summed E-state index contributed by atoms with van der Waals surface area (Å²) in [6.45, 7) is -0.240. The van der Waals surface area contributed by atoms with Crippen LogP contribution >= 0.6 is 15.9 Å². The molecule has 0 saturated heterocycles. The van der Waals surface area contributed by atoms with Crippen LogP contribution in [0, 0.1) is 5.82 Å². The molecule has 0 bridgehead atoms. The molecule has 0 atom stereocenters. The third-order valence-corrected chi connectivity index (χ3v) is 2.12. The second-order valence-corrected chi connectivity index (χ2v) is 3.81. The molecule has 0 aliphatic rings. The maximum Gasteiger partial charge on any atom is 0.318 e. The number of hydrogen-bond donors (Lipinski definition) is 3. The molecule has 0 unspecified atom stereocenters. The molecule has 0 saturated carbocycles. The lowest BCUT2D eigenvalue weighted by atomic mass is 10.3. The molecule has 16 heavy (non-hydrogen) atoms. The molecule has 0 radical (unpaired) electrons. The van der Waals surface area contributed by atoms with E-state index in [4.69, 9.17) is 5.73 Å². The van der Waals surface area contributed by atoms with Gasteiger partial charge in [0.1, 0.15) is 5.82 Å². The fraction of sp³-hybridized carbons (Fsp3) is 0.111. The number of benzene rings is 1. The number of rotatable bonds is 3. The smallest absolute Gasteiger partial charge is 0.318 e. The number of imide groups is 1. The van der Waals surface area contributed by atoms with Crippen LogP contribution in [0.1, 0.15) is 0 Å². The normalized spacial score (nSPS) is 9.62. The SMILES string of the molecule is NC(=O)NC(=O)CNc1cc(Br)ccc1F. The number of carbonyl (C=O) groups excluding carboxylic acids is 2. The van der Waals surface area contributed by atoms with E-state index in [-0.39, 0.29) is 12.2 Å². The van der Waals surface area contributed by atoms with Gasteiger partial charge >= 0.3 is 6.03 Å². The average molecular weight is 290 g/mol. The molecule has 3 amide bonds. The minimum absolute atomic E-state index is 0.161. The van der Waals surface area contributed by atoms with Crippen molar-refractivity contribution >= 4 is 33.6 Å². The third-order valence-electron chi connectivity index (χ3n) is 1.63. The fourth-order valence-corrected chi connectivity index (χ4v) is 1.35. The number of halogens is 2. The zero-order valence-corrected chi connectivity index (χ0v) is 9.67. The lowest BCUT2D eigenvalue weighted by Gasteiger charge is -2.07. The largest absolute Gasteiger partial charge is 0.374 e. The summed E-state index contributed by atoms with van der Waals surface area (Å²) in [7, 11) is 0. The van der Waals surface area contributed by atoms with E-state index >= 15 is 0 Å². The van der Waals surface area contributed by atoms with Crippen LogP contribution in [0.15, 0.2) is 22.7 Å². The lowest BCUT2D eigenvalue weighted by molar-refractivity contribution is -0.118. The first kappa shape index (κ1) is 12.4. The van der Waals surface area contributed by atoms with Crippen molar-refractivity contribution in [1.29, 1.82) is 0 Å². The number of nitrogens with two attached hydrogens (primary N) is 1. The molecule has 1 rings (SSSR count). The maximum atomic E-state index is 13.2. The van der Waals surface area contributed by atoms with Gasteiger partial charge in [0.05, 0.1) is 12.2 Å². The van der Waals surface area contributed by atoms with E-state index < -0.39 is 17.8 Å². The quantitative estimate of drug-likeness (QED) is 0.782. The Morgan fingerprint density at radius 1 is 1.44 bits per heavy atom. The maximum absolute atomic E-state index is 13.2. The van der Waals surface area contributed by atoms with Crippen LogP contribution in [0.2, 0.25) is 0 Å². The molecule has 0 aliphatic carbocycles. The Labute approximate surface area is 99.3 Å². The predicted molar refractivity (Wildman–Crippen MR) is 60.3 cm³/mol. The predicted octanol–water partition coefficient (Wildman–Crippen LogP) is 1.20. The molecule has 4 N–H and O–H groups in total. The number of urea groups is 1. The minimum Gasteiger partial charge on any atom is -0.374 e. The fourth-order valence-electron chi connectivity index (χ4n) is 0.990. The number of hydrogen-bond acceptors (Lipinski definition) is 3. The number of carbonyl (C=O) groups is 2.